The summed E-state index contributed by atoms with van der Waals surface area (Å²) in [5.41, 5.74) is 5.23. The second kappa shape index (κ2) is 7.74. The zero-order valence-corrected chi connectivity index (χ0v) is 17.1. The minimum atomic E-state index is 0.0865. The predicted octanol–water partition coefficient (Wildman–Crippen LogP) is 2.12. The Morgan fingerprint density at radius 1 is 1.07 bits per heavy atom. The molecule has 1 aromatic carbocycles. The Kier molecular flexibility index (Phi) is 5.58. The van der Waals surface area contributed by atoms with Crippen molar-refractivity contribution in [1.82, 2.24) is 14.4 Å². The monoisotopic (exact) mass is 371 g/mol. The Bertz CT molecular complexity index is 877. The first kappa shape index (κ1) is 19.5. The second-order valence-electron chi connectivity index (χ2n) is 7.50. The van der Waals surface area contributed by atoms with E-state index in [1.807, 2.05) is 27.3 Å². The summed E-state index contributed by atoms with van der Waals surface area (Å²) in [5, 5.41) is 0. The summed E-state index contributed by atoms with van der Waals surface area (Å²) in [7, 11) is 11.3. The topological polar surface area (TPSA) is 46.9 Å². The fraction of sp³-hybridized carbons (Fsp3) is 0.476. The predicted molar refractivity (Wildman–Crippen MR) is 108 cm³/mol. The third-order valence-corrected chi connectivity index (χ3v) is 5.16. The molecule has 6 heteroatoms. The third-order valence-electron chi connectivity index (χ3n) is 5.16. The molecule has 2 heterocycles. The van der Waals surface area contributed by atoms with Crippen molar-refractivity contribution < 1.29 is 9.47 Å². The number of fused-ring (bicyclic) bond motifs is 1. The minimum absolute atomic E-state index is 0.0865. The number of methoxy groups -OCH3 is 2. The van der Waals surface area contributed by atoms with Gasteiger partial charge in [0.25, 0.3) is 5.56 Å². The lowest BCUT2D eigenvalue weighted by Crippen LogP contribution is -2.34. The summed E-state index contributed by atoms with van der Waals surface area (Å²) in [4.78, 5) is 16.9. The van der Waals surface area contributed by atoms with Crippen LogP contribution < -0.4 is 15.0 Å². The molecule has 0 saturated carbocycles. The van der Waals surface area contributed by atoms with Crippen LogP contribution in [0.2, 0.25) is 0 Å². The van der Waals surface area contributed by atoms with Gasteiger partial charge in [0, 0.05) is 44.0 Å². The molecule has 0 saturated heterocycles. The summed E-state index contributed by atoms with van der Waals surface area (Å²) < 4.78 is 13.0. The first-order valence-electron chi connectivity index (χ1n) is 9.15. The van der Waals surface area contributed by atoms with Crippen LogP contribution in [0.5, 0.6) is 11.5 Å². The smallest absolute Gasteiger partial charge is 0.255 e. The number of rotatable bonds is 5. The van der Waals surface area contributed by atoms with Crippen molar-refractivity contribution in [1.29, 1.82) is 0 Å². The number of hydrogen-bond acceptors (Lipinski definition) is 5. The number of ether oxygens (including phenoxy) is 2. The van der Waals surface area contributed by atoms with Gasteiger partial charge in [-0.2, -0.15) is 0 Å². The van der Waals surface area contributed by atoms with Crippen LogP contribution in [0.3, 0.4) is 0 Å². The quantitative estimate of drug-likeness (QED) is 0.806. The Morgan fingerprint density at radius 3 is 2.26 bits per heavy atom. The van der Waals surface area contributed by atoms with Crippen LogP contribution in [0.4, 0.5) is 0 Å². The van der Waals surface area contributed by atoms with Crippen LogP contribution >= 0.6 is 0 Å². The molecule has 146 valence electrons. The van der Waals surface area contributed by atoms with Gasteiger partial charge in [-0.1, -0.05) is 0 Å². The average Bonchev–Trinajstić information content (AvgIpc) is 2.64. The van der Waals surface area contributed by atoms with E-state index in [-0.39, 0.29) is 5.56 Å². The summed E-state index contributed by atoms with van der Waals surface area (Å²) in [6.45, 7) is 2.35. The highest BCUT2D eigenvalue weighted by atomic mass is 16.5. The van der Waals surface area contributed by atoms with Gasteiger partial charge in [0.15, 0.2) is 0 Å². The molecular weight excluding hydrogens is 342 g/mol. The third kappa shape index (κ3) is 3.73. The van der Waals surface area contributed by atoms with Gasteiger partial charge in [0.1, 0.15) is 11.5 Å². The molecule has 0 bridgehead atoms. The molecule has 0 atom stereocenters. The molecule has 0 radical (unpaired) electrons. The van der Waals surface area contributed by atoms with Crippen LogP contribution in [-0.4, -0.2) is 56.3 Å². The normalized spacial score (nSPS) is 14.3. The molecule has 3 rings (SSSR count). The maximum atomic E-state index is 12.6. The van der Waals surface area contributed by atoms with E-state index in [1.54, 1.807) is 18.8 Å². The number of benzene rings is 1. The van der Waals surface area contributed by atoms with Gasteiger partial charge in [-0.05, 0) is 50.8 Å². The average molecular weight is 371 g/mol. The lowest BCUT2D eigenvalue weighted by molar-refractivity contribution is 0.310. The standard InChI is InChI=1S/C21H29N3O3/c1-22(2)11-18-19(26-5)9-14(10-20(18)27-6)16-13-24(4)21(25)17-12-23(3)8-7-15(16)17/h9-10,13H,7-8,11-12H2,1-6H3. The SMILES string of the molecule is COc1cc(-c2cn(C)c(=O)c3c2CCN(C)C3)cc(OC)c1CN(C)C. The summed E-state index contributed by atoms with van der Waals surface area (Å²) >= 11 is 0. The second-order valence-corrected chi connectivity index (χ2v) is 7.50. The Labute approximate surface area is 160 Å². The van der Waals surface area contributed by atoms with Crippen LogP contribution in [0.1, 0.15) is 16.7 Å². The van der Waals surface area contributed by atoms with Crippen molar-refractivity contribution in [2.24, 2.45) is 7.05 Å². The van der Waals surface area contributed by atoms with Gasteiger partial charge in [-0.25, -0.2) is 0 Å². The number of hydrogen-bond donors (Lipinski definition) is 0. The van der Waals surface area contributed by atoms with Gasteiger partial charge < -0.3 is 23.8 Å². The van der Waals surface area contributed by atoms with Gasteiger partial charge in [-0.3, -0.25) is 4.79 Å². The fourth-order valence-electron chi connectivity index (χ4n) is 3.80. The lowest BCUT2D eigenvalue weighted by Gasteiger charge is -2.27. The zero-order valence-electron chi connectivity index (χ0n) is 17.1. The van der Waals surface area contributed by atoms with E-state index in [4.69, 9.17) is 9.47 Å². The van der Waals surface area contributed by atoms with E-state index in [0.717, 1.165) is 58.8 Å². The molecule has 0 unspecified atom stereocenters. The summed E-state index contributed by atoms with van der Waals surface area (Å²) in [5.74, 6) is 1.60. The molecule has 6 nitrogen and oxygen atoms in total. The van der Waals surface area contributed by atoms with Gasteiger partial charge in [0.05, 0.1) is 19.8 Å². The highest BCUT2D eigenvalue weighted by molar-refractivity contribution is 5.72. The van der Waals surface area contributed by atoms with Crippen molar-refractivity contribution in [3.63, 3.8) is 0 Å². The summed E-state index contributed by atoms with van der Waals surface area (Å²) in [6.07, 6.45) is 2.80. The van der Waals surface area contributed by atoms with Crippen LogP contribution in [0.15, 0.2) is 23.1 Å². The lowest BCUT2D eigenvalue weighted by atomic mass is 9.92. The first-order valence-corrected chi connectivity index (χ1v) is 9.15. The molecule has 2 aromatic rings. The Morgan fingerprint density at radius 2 is 1.70 bits per heavy atom. The molecule has 0 aliphatic carbocycles. The van der Waals surface area contributed by atoms with Crippen LogP contribution in [0.25, 0.3) is 11.1 Å². The van der Waals surface area contributed by atoms with Crippen molar-refractivity contribution >= 4 is 0 Å². The summed E-state index contributed by atoms with van der Waals surface area (Å²) in [6, 6.07) is 4.11. The fourth-order valence-corrected chi connectivity index (χ4v) is 3.80. The largest absolute Gasteiger partial charge is 0.496 e. The van der Waals surface area contributed by atoms with Crippen molar-refractivity contribution in [2.45, 2.75) is 19.5 Å². The van der Waals surface area contributed by atoms with Crippen molar-refractivity contribution in [2.75, 3.05) is 41.9 Å². The molecule has 0 spiro atoms. The van der Waals surface area contributed by atoms with Gasteiger partial charge in [-0.15, -0.1) is 0 Å². The molecule has 0 amide bonds. The van der Waals surface area contributed by atoms with Crippen LogP contribution in [0, 0.1) is 0 Å². The van der Waals surface area contributed by atoms with E-state index < -0.39 is 0 Å². The number of nitrogens with zero attached hydrogens (tertiary/aromatic N) is 3. The Hall–Kier alpha value is -2.31. The zero-order chi connectivity index (χ0) is 19.7. The molecule has 0 N–H and O–H groups in total. The molecule has 0 fully saturated rings. The van der Waals surface area contributed by atoms with E-state index in [0.29, 0.717) is 6.54 Å². The van der Waals surface area contributed by atoms with E-state index in [2.05, 4.69) is 29.0 Å². The number of aromatic nitrogens is 1. The molecule has 27 heavy (non-hydrogen) atoms. The first-order chi connectivity index (χ1) is 12.8. The van der Waals surface area contributed by atoms with Gasteiger partial charge in [0.2, 0.25) is 0 Å². The van der Waals surface area contributed by atoms with Gasteiger partial charge >= 0.3 is 0 Å². The maximum absolute atomic E-state index is 12.6. The van der Waals surface area contributed by atoms with Crippen molar-refractivity contribution in [3.05, 3.63) is 45.4 Å². The highest BCUT2D eigenvalue weighted by Gasteiger charge is 2.23. The van der Waals surface area contributed by atoms with Crippen molar-refractivity contribution in [3.8, 4) is 22.6 Å². The highest BCUT2D eigenvalue weighted by Crippen LogP contribution is 2.37. The van der Waals surface area contributed by atoms with E-state index >= 15 is 0 Å². The molecule has 1 aliphatic heterocycles. The maximum Gasteiger partial charge on any atom is 0.255 e. The van der Waals surface area contributed by atoms with Crippen LogP contribution in [-0.2, 0) is 26.6 Å². The number of likely N-dealkylation sites (N-methyl/N-ethyl adjacent to an activating group) is 1. The van der Waals surface area contributed by atoms with E-state index in [9.17, 15) is 4.79 Å². The number of pyridine rings is 1. The number of aryl methyl sites for hydroxylation is 1. The molecule has 1 aliphatic rings. The molecular formula is C21H29N3O3. The molecule has 1 aromatic heterocycles. The minimum Gasteiger partial charge on any atom is -0.496 e. The van der Waals surface area contributed by atoms with E-state index in [1.165, 1.54) is 0 Å². The Balaban J connectivity index is 2.21.